The molecule has 1 atom stereocenters. The van der Waals surface area contributed by atoms with E-state index in [0.29, 0.717) is 31.0 Å². The quantitative estimate of drug-likeness (QED) is 0.736. The van der Waals surface area contributed by atoms with Crippen LogP contribution in [0.4, 0.5) is 5.69 Å². The zero-order valence-electron chi connectivity index (χ0n) is 17.6. The number of carbonyl (C=O) groups excluding carboxylic acids is 1. The van der Waals surface area contributed by atoms with Crippen molar-refractivity contribution >= 4 is 21.6 Å². The number of amides is 1. The third kappa shape index (κ3) is 4.15. The Labute approximate surface area is 179 Å². The smallest absolute Gasteiger partial charge is 0.243 e. The topological polar surface area (TPSA) is 60.9 Å². The van der Waals surface area contributed by atoms with Gasteiger partial charge in [-0.3, -0.25) is 9.69 Å². The van der Waals surface area contributed by atoms with Gasteiger partial charge in [0.2, 0.25) is 15.9 Å². The minimum Gasteiger partial charge on any atom is -0.312 e. The summed E-state index contributed by atoms with van der Waals surface area (Å²) in [6, 6.07) is 15.7. The Bertz CT molecular complexity index is 1020. The van der Waals surface area contributed by atoms with E-state index in [1.807, 2.05) is 6.07 Å². The molecule has 0 aliphatic carbocycles. The highest BCUT2D eigenvalue weighted by Crippen LogP contribution is 2.31. The molecule has 2 aromatic rings. The summed E-state index contributed by atoms with van der Waals surface area (Å²) in [6.07, 6.45) is 1.66. The lowest BCUT2D eigenvalue weighted by molar-refractivity contribution is -0.116. The molecule has 2 aliphatic heterocycles. The molecule has 2 aromatic carbocycles. The Morgan fingerprint density at radius 1 is 1.07 bits per heavy atom. The van der Waals surface area contributed by atoms with Crippen LogP contribution >= 0.6 is 0 Å². The number of piperazine rings is 1. The van der Waals surface area contributed by atoms with Crippen molar-refractivity contribution in [2.75, 3.05) is 37.6 Å². The molecule has 0 aromatic heterocycles. The number of hydrogen-bond donors (Lipinski definition) is 0. The predicted molar refractivity (Wildman–Crippen MR) is 118 cm³/mol. The van der Waals surface area contributed by atoms with Crippen molar-refractivity contribution in [3.63, 3.8) is 0 Å². The van der Waals surface area contributed by atoms with Gasteiger partial charge < -0.3 is 4.90 Å². The van der Waals surface area contributed by atoms with Crippen LogP contribution in [0.2, 0.25) is 0 Å². The SMILES string of the molecule is CC(=O)N1CCc2cc(S(=O)(=O)N3CCN(CCc4ccccc4)C(C)C3)ccc21. The second-order valence-electron chi connectivity index (χ2n) is 8.19. The van der Waals surface area contributed by atoms with Gasteiger partial charge in [0.05, 0.1) is 4.90 Å². The predicted octanol–water partition coefficient (Wildman–Crippen LogP) is 2.53. The van der Waals surface area contributed by atoms with E-state index < -0.39 is 10.0 Å². The number of benzene rings is 2. The zero-order chi connectivity index (χ0) is 21.3. The van der Waals surface area contributed by atoms with Crippen LogP contribution in [-0.2, 0) is 27.7 Å². The molecule has 160 valence electrons. The highest BCUT2D eigenvalue weighted by atomic mass is 32.2. The van der Waals surface area contributed by atoms with Crippen LogP contribution in [0.3, 0.4) is 0 Å². The van der Waals surface area contributed by atoms with E-state index >= 15 is 0 Å². The number of rotatable bonds is 5. The summed E-state index contributed by atoms with van der Waals surface area (Å²) in [5.74, 6) is -0.00944. The highest BCUT2D eigenvalue weighted by Gasteiger charge is 2.33. The fourth-order valence-electron chi connectivity index (χ4n) is 4.44. The number of nitrogens with zero attached hydrogens (tertiary/aromatic N) is 3. The first-order valence-corrected chi connectivity index (χ1v) is 12.0. The van der Waals surface area contributed by atoms with Crippen molar-refractivity contribution in [3.8, 4) is 0 Å². The highest BCUT2D eigenvalue weighted by molar-refractivity contribution is 7.89. The molecule has 6 nitrogen and oxygen atoms in total. The van der Waals surface area contributed by atoms with E-state index in [4.69, 9.17) is 0 Å². The number of anilines is 1. The van der Waals surface area contributed by atoms with Gasteiger partial charge in [0, 0.05) is 51.4 Å². The maximum atomic E-state index is 13.3. The molecule has 0 saturated carbocycles. The minimum absolute atomic E-state index is 0.00944. The number of hydrogen-bond acceptors (Lipinski definition) is 4. The first-order chi connectivity index (χ1) is 14.4. The average molecular weight is 428 g/mol. The molecule has 1 amide bonds. The molecule has 2 aliphatic rings. The van der Waals surface area contributed by atoms with E-state index in [9.17, 15) is 13.2 Å². The summed E-state index contributed by atoms with van der Waals surface area (Å²) < 4.78 is 28.1. The molecule has 0 radical (unpaired) electrons. The monoisotopic (exact) mass is 427 g/mol. The Hall–Kier alpha value is -2.22. The molecule has 30 heavy (non-hydrogen) atoms. The van der Waals surface area contributed by atoms with Gasteiger partial charge in [-0.2, -0.15) is 4.31 Å². The molecular weight excluding hydrogens is 398 g/mol. The van der Waals surface area contributed by atoms with Crippen molar-refractivity contribution in [1.82, 2.24) is 9.21 Å². The second kappa shape index (κ2) is 8.49. The lowest BCUT2D eigenvalue weighted by Crippen LogP contribution is -2.53. The maximum absolute atomic E-state index is 13.3. The van der Waals surface area contributed by atoms with Crippen LogP contribution in [-0.4, -0.2) is 62.3 Å². The molecule has 7 heteroatoms. The number of sulfonamides is 1. The summed E-state index contributed by atoms with van der Waals surface area (Å²) in [7, 11) is -3.54. The minimum atomic E-state index is -3.54. The lowest BCUT2D eigenvalue weighted by atomic mass is 10.1. The zero-order valence-corrected chi connectivity index (χ0v) is 18.4. The molecule has 4 rings (SSSR count). The van der Waals surface area contributed by atoms with Crippen molar-refractivity contribution in [1.29, 1.82) is 0 Å². The van der Waals surface area contributed by atoms with Crippen molar-refractivity contribution in [3.05, 3.63) is 59.7 Å². The Balaban J connectivity index is 1.43. The van der Waals surface area contributed by atoms with Gasteiger partial charge in [-0.25, -0.2) is 8.42 Å². The maximum Gasteiger partial charge on any atom is 0.243 e. The lowest BCUT2D eigenvalue weighted by Gasteiger charge is -2.39. The van der Waals surface area contributed by atoms with Crippen molar-refractivity contribution in [2.24, 2.45) is 0 Å². The van der Waals surface area contributed by atoms with Crippen LogP contribution in [0, 0.1) is 0 Å². The number of fused-ring (bicyclic) bond motifs is 1. The first kappa shape index (κ1) is 21.0. The van der Waals surface area contributed by atoms with E-state index in [1.165, 1.54) is 5.56 Å². The summed E-state index contributed by atoms with van der Waals surface area (Å²) in [5.41, 5.74) is 3.07. The third-order valence-corrected chi connectivity index (χ3v) is 8.08. The largest absolute Gasteiger partial charge is 0.312 e. The van der Waals surface area contributed by atoms with Crippen LogP contribution < -0.4 is 4.90 Å². The van der Waals surface area contributed by atoms with Gasteiger partial charge in [0.25, 0.3) is 0 Å². The van der Waals surface area contributed by atoms with Crippen molar-refractivity contribution in [2.45, 2.75) is 37.6 Å². The fourth-order valence-corrected chi connectivity index (χ4v) is 6.01. The molecule has 1 unspecified atom stereocenters. The van der Waals surface area contributed by atoms with Gasteiger partial charge in [0.15, 0.2) is 0 Å². The van der Waals surface area contributed by atoms with Crippen LogP contribution in [0.25, 0.3) is 0 Å². The summed E-state index contributed by atoms with van der Waals surface area (Å²) in [4.78, 5) is 16.1. The fraction of sp³-hybridized carbons (Fsp3) is 0.435. The standard InChI is InChI=1S/C23H29N3O3S/c1-18-17-25(15-14-24(18)12-10-20-6-4-3-5-7-20)30(28,29)22-8-9-23-21(16-22)11-13-26(23)19(2)27/h3-9,16,18H,10-15,17H2,1-2H3. The average Bonchev–Trinajstić information content (AvgIpc) is 3.17. The van der Waals surface area contributed by atoms with Gasteiger partial charge in [0.1, 0.15) is 0 Å². The summed E-state index contributed by atoms with van der Waals surface area (Å²) in [6.45, 7) is 6.91. The normalized spacial score (nSPS) is 20.3. The van der Waals surface area contributed by atoms with Gasteiger partial charge in [-0.1, -0.05) is 30.3 Å². The Morgan fingerprint density at radius 3 is 2.53 bits per heavy atom. The molecule has 2 heterocycles. The van der Waals surface area contributed by atoms with Crippen LogP contribution in [0.15, 0.2) is 53.4 Å². The summed E-state index contributed by atoms with van der Waals surface area (Å²) in [5, 5.41) is 0. The molecule has 1 fully saturated rings. The van der Waals surface area contributed by atoms with Gasteiger partial charge in [-0.15, -0.1) is 0 Å². The first-order valence-electron chi connectivity index (χ1n) is 10.6. The van der Waals surface area contributed by atoms with Crippen LogP contribution in [0.5, 0.6) is 0 Å². The molecular formula is C23H29N3O3S. The molecule has 1 saturated heterocycles. The molecule has 0 bridgehead atoms. The van der Waals surface area contributed by atoms with E-state index in [-0.39, 0.29) is 11.9 Å². The van der Waals surface area contributed by atoms with E-state index in [2.05, 4.69) is 36.1 Å². The van der Waals surface area contributed by atoms with Gasteiger partial charge in [-0.05, 0) is 49.1 Å². The van der Waals surface area contributed by atoms with Crippen molar-refractivity contribution < 1.29 is 13.2 Å². The third-order valence-electron chi connectivity index (χ3n) is 6.22. The summed E-state index contributed by atoms with van der Waals surface area (Å²) >= 11 is 0. The Kier molecular flexibility index (Phi) is 5.95. The van der Waals surface area contributed by atoms with Gasteiger partial charge >= 0.3 is 0 Å². The number of carbonyl (C=O) groups is 1. The Morgan fingerprint density at radius 2 is 1.83 bits per heavy atom. The molecule has 0 N–H and O–H groups in total. The van der Waals surface area contributed by atoms with Crippen LogP contribution in [0.1, 0.15) is 25.0 Å². The van der Waals surface area contributed by atoms with E-state index in [1.54, 1.807) is 34.3 Å². The van der Waals surface area contributed by atoms with E-state index in [0.717, 1.165) is 30.8 Å². The molecule has 0 spiro atoms. The second-order valence-corrected chi connectivity index (χ2v) is 10.1.